The number of nitrogens with two attached hydrogens (primary N) is 1. The summed E-state index contributed by atoms with van der Waals surface area (Å²) in [5.41, 5.74) is 0.0532. The van der Waals surface area contributed by atoms with E-state index in [2.05, 4.69) is 5.32 Å². The van der Waals surface area contributed by atoms with Gasteiger partial charge in [-0.15, -0.1) is 0 Å². The summed E-state index contributed by atoms with van der Waals surface area (Å²) in [7, 11) is -2.43. The summed E-state index contributed by atoms with van der Waals surface area (Å²) in [4.78, 5) is 11.1. The number of sulfonamides is 1. The molecule has 0 atom stereocenters. The Labute approximate surface area is 82.0 Å². The van der Waals surface area contributed by atoms with Crippen molar-refractivity contribution < 1.29 is 13.2 Å². The van der Waals surface area contributed by atoms with Crippen LogP contribution >= 0.6 is 0 Å². The van der Waals surface area contributed by atoms with E-state index in [9.17, 15) is 13.2 Å². The Kier molecular flexibility index (Phi) is 2.87. The molecule has 6 heteroatoms. The van der Waals surface area contributed by atoms with Gasteiger partial charge >= 0.3 is 0 Å². The standard InChI is InChI=1S/C8H10N2O3S/c1-10-8(11)6-4-2-3-5-7(6)14(9,12)13/h2-5H,1H3,(H,10,11)(H2,9,12,13). The molecule has 0 aliphatic rings. The molecule has 0 heterocycles. The summed E-state index contributed by atoms with van der Waals surface area (Å²) in [5.74, 6) is -0.477. The molecule has 1 amide bonds. The number of primary sulfonamides is 1. The average molecular weight is 214 g/mol. The molecule has 76 valence electrons. The van der Waals surface area contributed by atoms with E-state index in [-0.39, 0.29) is 10.5 Å². The van der Waals surface area contributed by atoms with Crippen LogP contribution in [0.3, 0.4) is 0 Å². The first-order valence-electron chi connectivity index (χ1n) is 3.80. The average Bonchev–Trinajstić information content (AvgIpc) is 2.15. The molecule has 0 radical (unpaired) electrons. The lowest BCUT2D eigenvalue weighted by Gasteiger charge is -2.05. The van der Waals surface area contributed by atoms with Crippen molar-refractivity contribution in [1.82, 2.24) is 5.32 Å². The maximum atomic E-state index is 11.2. The first kappa shape index (κ1) is 10.7. The van der Waals surface area contributed by atoms with Crippen molar-refractivity contribution in [2.24, 2.45) is 5.14 Å². The van der Waals surface area contributed by atoms with E-state index < -0.39 is 15.9 Å². The van der Waals surface area contributed by atoms with Crippen molar-refractivity contribution in [3.8, 4) is 0 Å². The van der Waals surface area contributed by atoms with Crippen LogP contribution in [0, 0.1) is 0 Å². The highest BCUT2D eigenvalue weighted by Crippen LogP contribution is 2.12. The molecular formula is C8H10N2O3S. The Morgan fingerprint density at radius 2 is 1.93 bits per heavy atom. The van der Waals surface area contributed by atoms with Gasteiger partial charge in [-0.05, 0) is 12.1 Å². The fourth-order valence-electron chi connectivity index (χ4n) is 1.04. The first-order valence-corrected chi connectivity index (χ1v) is 5.35. The van der Waals surface area contributed by atoms with Gasteiger partial charge in [0.2, 0.25) is 10.0 Å². The first-order chi connectivity index (χ1) is 6.46. The van der Waals surface area contributed by atoms with Crippen LogP contribution in [-0.2, 0) is 10.0 Å². The molecule has 0 bridgehead atoms. The number of benzene rings is 1. The second-order valence-electron chi connectivity index (χ2n) is 2.62. The largest absolute Gasteiger partial charge is 0.355 e. The van der Waals surface area contributed by atoms with Crippen LogP contribution < -0.4 is 10.5 Å². The number of hydrogen-bond acceptors (Lipinski definition) is 3. The predicted octanol–water partition coefficient (Wildman–Crippen LogP) is -0.306. The molecule has 0 saturated heterocycles. The summed E-state index contributed by atoms with van der Waals surface area (Å²) in [6.45, 7) is 0. The molecule has 1 aromatic rings. The van der Waals surface area contributed by atoms with Crippen LogP contribution in [0.15, 0.2) is 29.2 Å². The normalized spacial score (nSPS) is 11.0. The van der Waals surface area contributed by atoms with Gasteiger partial charge in [0.05, 0.1) is 10.5 Å². The van der Waals surface area contributed by atoms with Gasteiger partial charge in [0.25, 0.3) is 5.91 Å². The van der Waals surface area contributed by atoms with Gasteiger partial charge in [-0.1, -0.05) is 12.1 Å². The lowest BCUT2D eigenvalue weighted by molar-refractivity contribution is 0.0960. The zero-order valence-electron chi connectivity index (χ0n) is 7.52. The molecule has 3 N–H and O–H groups in total. The maximum absolute atomic E-state index is 11.2. The molecular weight excluding hydrogens is 204 g/mol. The van der Waals surface area contributed by atoms with Crippen molar-refractivity contribution in [2.45, 2.75) is 4.90 Å². The molecule has 0 unspecified atom stereocenters. The van der Waals surface area contributed by atoms with Gasteiger partial charge in [-0.3, -0.25) is 4.79 Å². The minimum absolute atomic E-state index is 0.0532. The second-order valence-corrected chi connectivity index (χ2v) is 4.15. The molecule has 0 fully saturated rings. The third kappa shape index (κ3) is 2.09. The molecule has 1 rings (SSSR count). The third-order valence-corrected chi connectivity index (χ3v) is 2.63. The second kappa shape index (κ2) is 3.77. The predicted molar refractivity (Wildman–Crippen MR) is 51.2 cm³/mol. The Hall–Kier alpha value is -1.40. The highest BCUT2D eigenvalue weighted by molar-refractivity contribution is 7.89. The Morgan fingerprint density at radius 1 is 1.36 bits per heavy atom. The molecule has 0 aromatic heterocycles. The fraction of sp³-hybridized carbons (Fsp3) is 0.125. The monoisotopic (exact) mass is 214 g/mol. The van der Waals surface area contributed by atoms with E-state index in [0.29, 0.717) is 0 Å². The van der Waals surface area contributed by atoms with Crippen molar-refractivity contribution in [3.63, 3.8) is 0 Å². The highest BCUT2D eigenvalue weighted by Gasteiger charge is 2.17. The minimum Gasteiger partial charge on any atom is -0.355 e. The van der Waals surface area contributed by atoms with Crippen LogP contribution in [0.5, 0.6) is 0 Å². The van der Waals surface area contributed by atoms with E-state index >= 15 is 0 Å². The van der Waals surface area contributed by atoms with E-state index in [1.54, 1.807) is 6.07 Å². The van der Waals surface area contributed by atoms with Crippen LogP contribution in [0.2, 0.25) is 0 Å². The quantitative estimate of drug-likeness (QED) is 0.707. The van der Waals surface area contributed by atoms with Gasteiger partial charge in [-0.2, -0.15) is 0 Å². The van der Waals surface area contributed by atoms with Crippen LogP contribution in [0.1, 0.15) is 10.4 Å². The zero-order chi connectivity index (χ0) is 10.8. The van der Waals surface area contributed by atoms with Crippen LogP contribution in [0.25, 0.3) is 0 Å². The Morgan fingerprint density at radius 3 is 2.43 bits per heavy atom. The van der Waals surface area contributed by atoms with Gasteiger partial charge in [-0.25, -0.2) is 13.6 Å². The Balaban J connectivity index is 3.38. The fourth-order valence-corrected chi connectivity index (χ4v) is 1.77. The van der Waals surface area contributed by atoms with E-state index in [1.165, 1.54) is 25.2 Å². The van der Waals surface area contributed by atoms with Crippen molar-refractivity contribution in [2.75, 3.05) is 7.05 Å². The number of amides is 1. The lowest BCUT2D eigenvalue weighted by atomic mass is 10.2. The van der Waals surface area contributed by atoms with Gasteiger partial charge in [0.15, 0.2) is 0 Å². The maximum Gasteiger partial charge on any atom is 0.252 e. The van der Waals surface area contributed by atoms with Crippen molar-refractivity contribution in [3.05, 3.63) is 29.8 Å². The number of nitrogens with one attached hydrogen (secondary N) is 1. The van der Waals surface area contributed by atoms with Crippen LogP contribution in [0.4, 0.5) is 0 Å². The third-order valence-electron chi connectivity index (χ3n) is 1.67. The summed E-state index contributed by atoms with van der Waals surface area (Å²) >= 11 is 0. The summed E-state index contributed by atoms with van der Waals surface area (Å²) in [6, 6.07) is 5.77. The molecule has 0 saturated carbocycles. The Bertz CT molecular complexity index is 453. The minimum atomic E-state index is -3.85. The summed E-state index contributed by atoms with van der Waals surface area (Å²) in [5, 5.41) is 7.28. The highest BCUT2D eigenvalue weighted by atomic mass is 32.2. The number of rotatable bonds is 2. The van der Waals surface area contributed by atoms with Gasteiger partial charge in [0, 0.05) is 7.05 Å². The lowest BCUT2D eigenvalue weighted by Crippen LogP contribution is -2.23. The summed E-state index contributed by atoms with van der Waals surface area (Å²) in [6.07, 6.45) is 0. The van der Waals surface area contributed by atoms with Crippen molar-refractivity contribution in [1.29, 1.82) is 0 Å². The molecule has 0 aliphatic heterocycles. The number of carbonyl (C=O) groups is 1. The molecule has 1 aromatic carbocycles. The van der Waals surface area contributed by atoms with E-state index in [0.717, 1.165) is 0 Å². The zero-order valence-corrected chi connectivity index (χ0v) is 8.34. The van der Waals surface area contributed by atoms with E-state index in [4.69, 9.17) is 5.14 Å². The van der Waals surface area contributed by atoms with Gasteiger partial charge in [0.1, 0.15) is 0 Å². The smallest absolute Gasteiger partial charge is 0.252 e. The molecule has 0 spiro atoms. The summed E-state index contributed by atoms with van der Waals surface area (Å²) < 4.78 is 22.1. The SMILES string of the molecule is CNC(=O)c1ccccc1S(N)(=O)=O. The molecule has 0 aliphatic carbocycles. The molecule has 5 nitrogen and oxygen atoms in total. The topological polar surface area (TPSA) is 89.3 Å². The number of hydrogen-bond donors (Lipinski definition) is 2. The van der Waals surface area contributed by atoms with E-state index in [1.807, 2.05) is 0 Å². The molecule has 14 heavy (non-hydrogen) atoms. The van der Waals surface area contributed by atoms with Crippen molar-refractivity contribution >= 4 is 15.9 Å². The van der Waals surface area contributed by atoms with Gasteiger partial charge < -0.3 is 5.32 Å². The number of carbonyl (C=O) groups excluding carboxylic acids is 1. The van der Waals surface area contributed by atoms with Crippen LogP contribution in [-0.4, -0.2) is 21.4 Å².